The van der Waals surface area contributed by atoms with Crippen LogP contribution in [0.3, 0.4) is 0 Å². The predicted octanol–water partition coefficient (Wildman–Crippen LogP) is 4.10. The van der Waals surface area contributed by atoms with E-state index >= 15 is 0 Å². The molecule has 6 nitrogen and oxygen atoms in total. The van der Waals surface area contributed by atoms with Gasteiger partial charge >= 0.3 is 0 Å². The van der Waals surface area contributed by atoms with Gasteiger partial charge in [-0.25, -0.2) is 0 Å². The van der Waals surface area contributed by atoms with Crippen LogP contribution in [0.1, 0.15) is 47.2 Å². The summed E-state index contributed by atoms with van der Waals surface area (Å²) in [5.74, 6) is 0.0923. The zero-order valence-corrected chi connectivity index (χ0v) is 18.8. The zero-order valence-electron chi connectivity index (χ0n) is 18.0. The molecule has 0 bridgehead atoms. The molecule has 5 heterocycles. The summed E-state index contributed by atoms with van der Waals surface area (Å²) in [5, 5.41) is 5.23. The first-order valence-corrected chi connectivity index (χ1v) is 11.9. The average Bonchev–Trinajstić information content (AvgIpc) is 3.54. The minimum atomic E-state index is -0.296. The highest BCUT2D eigenvalue weighted by Gasteiger charge is 2.43. The second-order valence-corrected chi connectivity index (χ2v) is 9.69. The maximum atomic E-state index is 13.6. The van der Waals surface area contributed by atoms with Gasteiger partial charge in [0.25, 0.3) is 5.91 Å². The van der Waals surface area contributed by atoms with Gasteiger partial charge in [-0.2, -0.15) is 0 Å². The summed E-state index contributed by atoms with van der Waals surface area (Å²) in [4.78, 5) is 19.9. The van der Waals surface area contributed by atoms with E-state index in [1.807, 2.05) is 47.8 Å². The van der Waals surface area contributed by atoms with Gasteiger partial charge in [0.1, 0.15) is 0 Å². The number of rotatable bonds is 3. The average molecular weight is 451 g/mol. The van der Waals surface area contributed by atoms with Gasteiger partial charge in [-0.1, -0.05) is 17.7 Å². The van der Waals surface area contributed by atoms with E-state index < -0.39 is 0 Å². The number of halogens is 1. The summed E-state index contributed by atoms with van der Waals surface area (Å²) >= 11 is 6.31. The van der Waals surface area contributed by atoms with Crippen LogP contribution in [0.5, 0.6) is 0 Å². The van der Waals surface area contributed by atoms with Crippen molar-refractivity contribution in [2.45, 2.75) is 50.5 Å². The first-order chi connectivity index (χ1) is 15.6. The maximum absolute atomic E-state index is 13.6. The molecule has 3 aromatic rings. The largest absolute Gasteiger partial charge is 0.365 e. The van der Waals surface area contributed by atoms with E-state index in [9.17, 15) is 4.79 Å². The van der Waals surface area contributed by atoms with E-state index in [0.29, 0.717) is 30.8 Å². The molecule has 3 aliphatic rings. The molecule has 0 saturated carbocycles. The van der Waals surface area contributed by atoms with Crippen LogP contribution in [0.25, 0.3) is 10.9 Å². The number of nitrogens with one attached hydrogen (secondary N) is 1. The number of ether oxygens (including phenoxy) is 1. The molecule has 6 rings (SSSR count). The van der Waals surface area contributed by atoms with Crippen molar-refractivity contribution in [2.24, 2.45) is 0 Å². The highest BCUT2D eigenvalue weighted by molar-refractivity contribution is 6.31. The van der Waals surface area contributed by atoms with Crippen molar-refractivity contribution >= 4 is 28.4 Å². The molecule has 0 radical (unpaired) electrons. The molecule has 1 spiro atoms. The quantitative estimate of drug-likeness (QED) is 0.652. The van der Waals surface area contributed by atoms with Crippen molar-refractivity contribution in [3.63, 3.8) is 0 Å². The third-order valence-corrected chi connectivity index (χ3v) is 7.65. The normalized spacial score (nSPS) is 22.0. The maximum Gasteiger partial charge on any atom is 0.256 e. The molecule has 1 amide bonds. The fourth-order valence-corrected chi connectivity index (χ4v) is 5.81. The summed E-state index contributed by atoms with van der Waals surface area (Å²) in [6, 6.07) is 8.32. The smallest absolute Gasteiger partial charge is 0.256 e. The van der Waals surface area contributed by atoms with Crippen LogP contribution in [-0.4, -0.2) is 46.0 Å². The Morgan fingerprint density at radius 2 is 2.16 bits per heavy atom. The SMILES string of the molecule is O=C(c1cn(C[C@@H]2CCCN2)c2cc(Cl)ccc12)N1CCC2(CC1)OCc1ccncc12. The number of pyridine rings is 1. The van der Waals surface area contributed by atoms with Gasteiger partial charge in [-0.3, -0.25) is 9.78 Å². The minimum absolute atomic E-state index is 0.0923. The van der Waals surface area contributed by atoms with E-state index in [0.717, 1.165) is 48.8 Å². The van der Waals surface area contributed by atoms with Crippen LogP contribution < -0.4 is 5.32 Å². The number of carbonyl (C=O) groups excluding carboxylic acids is 1. The lowest BCUT2D eigenvalue weighted by Gasteiger charge is -2.39. The van der Waals surface area contributed by atoms with Crippen molar-refractivity contribution in [1.29, 1.82) is 0 Å². The molecule has 7 heteroatoms. The highest BCUT2D eigenvalue weighted by atomic mass is 35.5. The Balaban J connectivity index is 1.26. The summed E-state index contributed by atoms with van der Waals surface area (Å²) in [7, 11) is 0. The van der Waals surface area contributed by atoms with Gasteiger partial charge < -0.3 is 19.5 Å². The number of likely N-dealkylation sites (tertiary alicyclic amines) is 1. The first-order valence-electron chi connectivity index (χ1n) is 11.5. The van der Waals surface area contributed by atoms with Crippen LogP contribution >= 0.6 is 11.6 Å². The molecule has 1 atom stereocenters. The van der Waals surface area contributed by atoms with Crippen LogP contribution in [0.4, 0.5) is 0 Å². The van der Waals surface area contributed by atoms with Gasteiger partial charge in [0, 0.05) is 60.2 Å². The van der Waals surface area contributed by atoms with Crippen molar-refractivity contribution in [3.8, 4) is 0 Å². The Bertz CT molecular complexity index is 1180. The number of hydrogen-bond donors (Lipinski definition) is 1. The van der Waals surface area contributed by atoms with Gasteiger partial charge in [-0.05, 0) is 56.0 Å². The molecular formula is C25H27ClN4O2. The second kappa shape index (κ2) is 7.87. The summed E-state index contributed by atoms with van der Waals surface area (Å²) < 4.78 is 8.44. The topological polar surface area (TPSA) is 59.4 Å². The highest BCUT2D eigenvalue weighted by Crippen LogP contribution is 2.44. The molecule has 2 saturated heterocycles. The monoisotopic (exact) mass is 450 g/mol. The van der Waals surface area contributed by atoms with E-state index in [1.54, 1.807) is 0 Å². The fourth-order valence-electron chi connectivity index (χ4n) is 5.64. The summed E-state index contributed by atoms with van der Waals surface area (Å²) in [5.41, 5.74) is 3.92. The Morgan fingerprint density at radius 1 is 1.28 bits per heavy atom. The molecule has 0 aliphatic carbocycles. The van der Waals surface area contributed by atoms with Crippen LogP contribution in [0, 0.1) is 0 Å². The predicted molar refractivity (Wildman–Crippen MR) is 124 cm³/mol. The van der Waals surface area contributed by atoms with Crippen LogP contribution in [-0.2, 0) is 23.5 Å². The number of benzene rings is 1. The Morgan fingerprint density at radius 3 is 2.97 bits per heavy atom. The van der Waals surface area contributed by atoms with Crippen molar-refractivity contribution in [1.82, 2.24) is 19.8 Å². The van der Waals surface area contributed by atoms with Crippen molar-refractivity contribution in [3.05, 3.63) is 64.6 Å². The molecule has 3 aliphatic heterocycles. The van der Waals surface area contributed by atoms with E-state index in [4.69, 9.17) is 16.3 Å². The molecule has 0 unspecified atom stereocenters. The van der Waals surface area contributed by atoms with Crippen molar-refractivity contribution < 1.29 is 9.53 Å². The molecular weight excluding hydrogens is 424 g/mol. The number of carbonyl (C=O) groups is 1. The lowest BCUT2D eigenvalue weighted by molar-refractivity contribution is -0.0742. The molecule has 2 fully saturated rings. The first kappa shape index (κ1) is 20.2. The number of piperidine rings is 1. The summed E-state index contributed by atoms with van der Waals surface area (Å²) in [6.07, 6.45) is 9.75. The molecule has 166 valence electrons. The second-order valence-electron chi connectivity index (χ2n) is 9.26. The Kier molecular flexibility index (Phi) is 4.97. The fraction of sp³-hybridized carbons (Fsp3) is 0.440. The van der Waals surface area contributed by atoms with Crippen LogP contribution in [0.2, 0.25) is 5.02 Å². The molecule has 2 aromatic heterocycles. The number of aromatic nitrogens is 2. The Labute approximate surface area is 192 Å². The van der Waals surface area contributed by atoms with Gasteiger partial charge in [0.2, 0.25) is 0 Å². The lowest BCUT2D eigenvalue weighted by atomic mass is 9.84. The van der Waals surface area contributed by atoms with E-state index in [2.05, 4.69) is 14.9 Å². The number of hydrogen-bond acceptors (Lipinski definition) is 4. The lowest BCUT2D eigenvalue weighted by Crippen LogP contribution is -2.45. The van der Waals surface area contributed by atoms with E-state index in [1.165, 1.54) is 17.5 Å². The molecule has 32 heavy (non-hydrogen) atoms. The molecule has 1 aromatic carbocycles. The standard InChI is InChI=1S/C25H27ClN4O2/c26-18-3-4-20-21(15-30(23(20)12-18)14-19-2-1-8-28-19)24(31)29-10-6-25(7-11-29)22-13-27-9-5-17(22)16-32-25/h3-5,9,12-13,15,19,28H,1-2,6-8,10-11,14,16H2/t19-/m0/s1. The van der Waals surface area contributed by atoms with Gasteiger partial charge in [0.15, 0.2) is 0 Å². The number of fused-ring (bicyclic) bond motifs is 3. The van der Waals surface area contributed by atoms with Crippen molar-refractivity contribution in [2.75, 3.05) is 19.6 Å². The third-order valence-electron chi connectivity index (χ3n) is 7.42. The van der Waals surface area contributed by atoms with Gasteiger partial charge in [-0.15, -0.1) is 0 Å². The van der Waals surface area contributed by atoms with Gasteiger partial charge in [0.05, 0.1) is 23.3 Å². The van der Waals surface area contributed by atoms with E-state index in [-0.39, 0.29) is 11.5 Å². The number of nitrogens with zero attached hydrogens (tertiary/aromatic N) is 3. The molecule has 1 N–H and O–H groups in total. The third kappa shape index (κ3) is 3.33. The Hall–Kier alpha value is -2.41. The number of amides is 1. The van der Waals surface area contributed by atoms with Crippen LogP contribution in [0.15, 0.2) is 42.9 Å². The summed E-state index contributed by atoms with van der Waals surface area (Å²) in [6.45, 7) is 3.90. The zero-order chi connectivity index (χ0) is 21.7. The minimum Gasteiger partial charge on any atom is -0.365 e.